The highest BCUT2D eigenvalue weighted by molar-refractivity contribution is 5.78. The van der Waals surface area contributed by atoms with Gasteiger partial charge in [0.25, 0.3) is 0 Å². The van der Waals surface area contributed by atoms with Crippen molar-refractivity contribution in [2.75, 3.05) is 7.11 Å². The molecule has 0 aliphatic carbocycles. The molecule has 2 rings (SSSR count). The summed E-state index contributed by atoms with van der Waals surface area (Å²) in [7, 11) is 1.59. The highest BCUT2D eigenvalue weighted by Gasteiger charge is 2.42. The Morgan fingerprint density at radius 1 is 1.04 bits per heavy atom. The number of aliphatic hydroxyl groups is 1. The van der Waals surface area contributed by atoms with Gasteiger partial charge in [-0.2, -0.15) is 0 Å². The van der Waals surface area contributed by atoms with E-state index in [0.29, 0.717) is 5.75 Å². The Morgan fingerprint density at radius 3 is 2.21 bits per heavy atom. The third-order valence-electron chi connectivity index (χ3n) is 4.31. The van der Waals surface area contributed by atoms with Crippen LogP contribution in [-0.4, -0.2) is 28.9 Å². The Labute approximate surface area is 142 Å². The Morgan fingerprint density at radius 2 is 1.62 bits per heavy atom. The summed E-state index contributed by atoms with van der Waals surface area (Å²) in [5.74, 6) is -0.524. The number of aliphatic carboxylic acids is 1. The summed E-state index contributed by atoms with van der Waals surface area (Å²) in [4.78, 5) is 11.8. The zero-order valence-corrected chi connectivity index (χ0v) is 14.3. The van der Waals surface area contributed by atoms with Crippen molar-refractivity contribution in [1.82, 2.24) is 0 Å². The van der Waals surface area contributed by atoms with Crippen LogP contribution in [0.25, 0.3) is 0 Å². The van der Waals surface area contributed by atoms with Crippen LogP contribution in [0.1, 0.15) is 31.4 Å². The molecule has 0 spiro atoms. The van der Waals surface area contributed by atoms with Gasteiger partial charge in [-0.3, -0.25) is 0 Å². The van der Waals surface area contributed by atoms with E-state index < -0.39 is 17.0 Å². The van der Waals surface area contributed by atoms with Gasteiger partial charge in [0.1, 0.15) is 5.75 Å². The fourth-order valence-corrected chi connectivity index (χ4v) is 3.18. The fourth-order valence-electron chi connectivity index (χ4n) is 3.18. The van der Waals surface area contributed by atoms with Crippen molar-refractivity contribution in [3.05, 3.63) is 65.7 Å². The van der Waals surface area contributed by atoms with E-state index in [0.717, 1.165) is 11.1 Å². The fraction of sp³-hybridized carbons (Fsp3) is 0.350. The number of carboxylic acid groups (broad SMARTS) is 1. The molecule has 4 heteroatoms. The van der Waals surface area contributed by atoms with E-state index in [1.54, 1.807) is 7.11 Å². The molecule has 1 unspecified atom stereocenters. The van der Waals surface area contributed by atoms with Crippen molar-refractivity contribution in [2.45, 2.75) is 37.7 Å². The maximum absolute atomic E-state index is 11.8. The molecule has 2 aromatic carbocycles. The van der Waals surface area contributed by atoms with Gasteiger partial charge in [0.05, 0.1) is 7.11 Å². The second-order valence-corrected chi connectivity index (χ2v) is 6.76. The first-order valence-electron chi connectivity index (χ1n) is 7.92. The van der Waals surface area contributed by atoms with Crippen molar-refractivity contribution in [3.63, 3.8) is 0 Å². The predicted octanol–water partition coefficient (Wildman–Crippen LogP) is 3.42. The molecule has 0 aliphatic rings. The molecule has 0 radical (unpaired) electrons. The number of hydrogen-bond donors (Lipinski definition) is 2. The molecule has 1 atom stereocenters. The maximum Gasteiger partial charge on any atom is 0.336 e. The Kier molecular flexibility index (Phi) is 5.30. The number of methoxy groups -OCH3 is 1. The standard InChI is InChI=1S/C20H24O4/c1-19(2,16-11-7-8-12-17(16)24-3)14-20(23,18(21)22)13-15-9-5-4-6-10-15/h4-12,23H,13-14H2,1-3H3,(H,21,22). The minimum absolute atomic E-state index is 0.0573. The molecular weight excluding hydrogens is 304 g/mol. The summed E-state index contributed by atoms with van der Waals surface area (Å²) < 4.78 is 5.40. The molecule has 0 aliphatic heterocycles. The normalized spacial score (nSPS) is 14.0. The van der Waals surface area contributed by atoms with Gasteiger partial charge in [0.15, 0.2) is 5.60 Å². The molecule has 2 aromatic rings. The highest BCUT2D eigenvalue weighted by Crippen LogP contribution is 2.38. The molecule has 0 heterocycles. The lowest BCUT2D eigenvalue weighted by Gasteiger charge is -2.34. The van der Waals surface area contributed by atoms with Crippen molar-refractivity contribution in [1.29, 1.82) is 0 Å². The second kappa shape index (κ2) is 7.05. The van der Waals surface area contributed by atoms with Gasteiger partial charge < -0.3 is 14.9 Å². The lowest BCUT2D eigenvalue weighted by molar-refractivity contribution is -0.160. The second-order valence-electron chi connectivity index (χ2n) is 6.76. The van der Waals surface area contributed by atoms with Crippen LogP contribution in [-0.2, 0) is 16.6 Å². The summed E-state index contributed by atoms with van der Waals surface area (Å²) in [6.07, 6.45) is 0.131. The highest BCUT2D eigenvalue weighted by atomic mass is 16.5. The van der Waals surface area contributed by atoms with Crippen LogP contribution in [0.2, 0.25) is 0 Å². The Hall–Kier alpha value is -2.33. The minimum Gasteiger partial charge on any atom is -0.496 e. The van der Waals surface area contributed by atoms with Gasteiger partial charge in [0, 0.05) is 6.42 Å². The molecule has 0 fully saturated rings. The summed E-state index contributed by atoms with van der Waals surface area (Å²) in [6.45, 7) is 3.84. The number of benzene rings is 2. The van der Waals surface area contributed by atoms with Gasteiger partial charge >= 0.3 is 5.97 Å². The maximum atomic E-state index is 11.8. The third kappa shape index (κ3) is 3.95. The van der Waals surface area contributed by atoms with Crippen LogP contribution in [0.15, 0.2) is 54.6 Å². The summed E-state index contributed by atoms with van der Waals surface area (Å²) in [6, 6.07) is 16.7. The van der Waals surface area contributed by atoms with Gasteiger partial charge in [-0.15, -0.1) is 0 Å². The quantitative estimate of drug-likeness (QED) is 0.817. The topological polar surface area (TPSA) is 66.8 Å². The number of ether oxygens (including phenoxy) is 1. The Balaban J connectivity index is 2.33. The molecular formula is C20H24O4. The number of carboxylic acids is 1. The van der Waals surface area contributed by atoms with Crippen molar-refractivity contribution in [2.24, 2.45) is 0 Å². The summed E-state index contributed by atoms with van der Waals surface area (Å²) >= 11 is 0. The van der Waals surface area contributed by atoms with E-state index in [-0.39, 0.29) is 12.8 Å². The first-order chi connectivity index (χ1) is 11.3. The van der Waals surface area contributed by atoms with Gasteiger partial charge in [-0.25, -0.2) is 4.79 Å². The van der Waals surface area contributed by atoms with Crippen LogP contribution < -0.4 is 4.74 Å². The molecule has 0 saturated carbocycles. The van der Waals surface area contributed by atoms with Crippen LogP contribution in [0.5, 0.6) is 5.75 Å². The van der Waals surface area contributed by atoms with Crippen molar-refractivity contribution >= 4 is 5.97 Å². The largest absolute Gasteiger partial charge is 0.496 e. The lowest BCUT2D eigenvalue weighted by Crippen LogP contribution is -2.45. The molecule has 0 aromatic heterocycles. The van der Waals surface area contributed by atoms with E-state index in [2.05, 4.69) is 0 Å². The molecule has 0 amide bonds. The van der Waals surface area contributed by atoms with Crippen LogP contribution in [0.4, 0.5) is 0 Å². The van der Waals surface area contributed by atoms with Crippen molar-refractivity contribution < 1.29 is 19.7 Å². The van der Waals surface area contributed by atoms with E-state index in [1.807, 2.05) is 68.4 Å². The summed E-state index contributed by atoms with van der Waals surface area (Å²) in [5, 5.41) is 20.5. The smallest absolute Gasteiger partial charge is 0.336 e. The zero-order valence-electron chi connectivity index (χ0n) is 14.3. The van der Waals surface area contributed by atoms with Gasteiger partial charge in [-0.05, 0) is 29.0 Å². The number of para-hydroxylation sites is 1. The van der Waals surface area contributed by atoms with Crippen molar-refractivity contribution in [3.8, 4) is 5.75 Å². The summed E-state index contributed by atoms with van der Waals surface area (Å²) in [5.41, 5.74) is -0.765. The lowest BCUT2D eigenvalue weighted by atomic mass is 9.73. The average molecular weight is 328 g/mol. The predicted molar refractivity (Wildman–Crippen MR) is 93.4 cm³/mol. The van der Waals surface area contributed by atoms with Gasteiger partial charge in [0.2, 0.25) is 0 Å². The van der Waals surface area contributed by atoms with E-state index >= 15 is 0 Å². The monoisotopic (exact) mass is 328 g/mol. The zero-order chi connectivity index (χ0) is 17.8. The number of rotatable bonds is 7. The SMILES string of the molecule is COc1ccccc1C(C)(C)CC(O)(Cc1ccccc1)C(=O)O. The van der Waals surface area contributed by atoms with Gasteiger partial charge in [-0.1, -0.05) is 62.4 Å². The van der Waals surface area contributed by atoms with Crippen LogP contribution in [0, 0.1) is 0 Å². The Bertz CT molecular complexity index is 694. The molecule has 0 bridgehead atoms. The first kappa shape index (κ1) is 18.0. The number of carbonyl (C=O) groups is 1. The first-order valence-corrected chi connectivity index (χ1v) is 7.92. The minimum atomic E-state index is -1.86. The molecule has 128 valence electrons. The van der Waals surface area contributed by atoms with E-state index in [4.69, 9.17) is 4.74 Å². The van der Waals surface area contributed by atoms with Crippen LogP contribution >= 0.6 is 0 Å². The molecule has 2 N–H and O–H groups in total. The van der Waals surface area contributed by atoms with E-state index in [9.17, 15) is 15.0 Å². The van der Waals surface area contributed by atoms with Crippen LogP contribution in [0.3, 0.4) is 0 Å². The molecule has 24 heavy (non-hydrogen) atoms. The van der Waals surface area contributed by atoms with E-state index in [1.165, 1.54) is 0 Å². The average Bonchev–Trinajstić information content (AvgIpc) is 2.55. The molecule has 0 saturated heterocycles. The molecule has 4 nitrogen and oxygen atoms in total. The number of hydrogen-bond acceptors (Lipinski definition) is 3. The third-order valence-corrected chi connectivity index (χ3v) is 4.31.